The third kappa shape index (κ3) is 7.37. The first-order valence-corrected chi connectivity index (χ1v) is 14.3. The molecule has 0 unspecified atom stereocenters. The van der Waals surface area contributed by atoms with E-state index in [1.165, 1.54) is 20.3 Å². The van der Waals surface area contributed by atoms with Gasteiger partial charge in [0.1, 0.15) is 17.0 Å². The Balaban J connectivity index is 1.72. The Morgan fingerprint density at radius 2 is 1.88 bits per heavy atom. The quantitative estimate of drug-likeness (QED) is 0.164. The molecule has 1 fully saturated rings. The van der Waals surface area contributed by atoms with Crippen molar-refractivity contribution >= 4 is 51.7 Å². The van der Waals surface area contributed by atoms with Crippen molar-refractivity contribution in [1.29, 1.82) is 0 Å². The lowest BCUT2D eigenvalue weighted by Crippen LogP contribution is -2.30. The Morgan fingerprint density at radius 3 is 2.54 bits per heavy atom. The molecule has 0 aliphatic carbocycles. The van der Waals surface area contributed by atoms with Crippen molar-refractivity contribution in [3.8, 4) is 22.8 Å². The highest BCUT2D eigenvalue weighted by Gasteiger charge is 2.30. The fourth-order valence-corrected chi connectivity index (χ4v) is 5.32. The Kier molecular flexibility index (Phi) is 10.6. The molecule has 0 saturated carbocycles. The molecule has 0 spiro atoms. The zero-order valence-electron chi connectivity index (χ0n) is 23.7. The number of nitrogens with one attached hydrogen (secondary N) is 3. The van der Waals surface area contributed by atoms with E-state index in [9.17, 15) is 4.79 Å². The molecule has 3 aromatic rings. The molecule has 1 aliphatic rings. The fraction of sp³-hybridized carbons (Fsp3) is 0.448. The molecule has 1 aromatic carbocycles. The van der Waals surface area contributed by atoms with E-state index in [2.05, 4.69) is 41.4 Å². The second kappa shape index (κ2) is 14.1. The number of aromatic nitrogens is 3. The highest BCUT2D eigenvalue weighted by molar-refractivity contribution is 6.41. The highest BCUT2D eigenvalue weighted by Crippen LogP contribution is 2.46. The van der Waals surface area contributed by atoms with Crippen LogP contribution in [0.5, 0.6) is 11.5 Å². The van der Waals surface area contributed by atoms with Crippen molar-refractivity contribution in [2.45, 2.75) is 38.8 Å². The maximum Gasteiger partial charge on any atom is 0.223 e. The maximum atomic E-state index is 12.0. The molecule has 3 N–H and O–H groups in total. The van der Waals surface area contributed by atoms with Crippen LogP contribution in [0.1, 0.15) is 26.7 Å². The average molecular weight is 604 g/mol. The van der Waals surface area contributed by atoms with Gasteiger partial charge in [0.15, 0.2) is 11.6 Å². The van der Waals surface area contributed by atoms with Crippen molar-refractivity contribution in [3.63, 3.8) is 0 Å². The number of ketones is 1. The number of methoxy groups -OCH3 is 2. The zero-order valence-corrected chi connectivity index (χ0v) is 25.2. The molecule has 0 radical (unpaired) electrons. The van der Waals surface area contributed by atoms with Gasteiger partial charge in [0.25, 0.3) is 0 Å². The first-order valence-electron chi connectivity index (χ1n) is 13.5. The van der Waals surface area contributed by atoms with E-state index in [-0.39, 0.29) is 17.7 Å². The number of hydrogen-bond acceptors (Lipinski definition) is 10. The number of carbonyl (C=O) groups excluding carboxylic acids is 1. The lowest BCUT2D eigenvalue weighted by Gasteiger charge is -2.19. The minimum absolute atomic E-state index is 0.00123. The lowest BCUT2D eigenvalue weighted by molar-refractivity contribution is -0.115. The summed E-state index contributed by atoms with van der Waals surface area (Å²) in [4.78, 5) is 26.2. The Bertz CT molecular complexity index is 1380. The maximum absolute atomic E-state index is 12.0. The summed E-state index contributed by atoms with van der Waals surface area (Å²) >= 11 is 13.4. The number of rotatable bonds is 14. The summed E-state index contributed by atoms with van der Waals surface area (Å²) in [6.07, 6.45) is 4.29. The molecular formula is C29H36Cl2N6O4. The lowest BCUT2D eigenvalue weighted by atomic mass is 9.97. The van der Waals surface area contributed by atoms with Crippen molar-refractivity contribution in [2.24, 2.45) is 5.92 Å². The average Bonchev–Trinajstić information content (AvgIpc) is 3.38. The molecule has 0 amide bonds. The van der Waals surface area contributed by atoms with Gasteiger partial charge in [0, 0.05) is 48.1 Å². The summed E-state index contributed by atoms with van der Waals surface area (Å²) in [5.41, 5.74) is 1.63. The van der Waals surface area contributed by atoms with Gasteiger partial charge >= 0.3 is 0 Å². The molecule has 1 saturated heterocycles. The van der Waals surface area contributed by atoms with E-state index >= 15 is 0 Å². The van der Waals surface area contributed by atoms with Crippen molar-refractivity contribution in [2.75, 3.05) is 51.2 Å². The van der Waals surface area contributed by atoms with Crippen LogP contribution >= 0.6 is 23.2 Å². The minimum atomic E-state index is -0.107. The van der Waals surface area contributed by atoms with Gasteiger partial charge in [-0.3, -0.25) is 4.79 Å². The van der Waals surface area contributed by atoms with Crippen LogP contribution in [0.15, 0.2) is 31.0 Å². The van der Waals surface area contributed by atoms with E-state index in [0.29, 0.717) is 82.3 Å². The summed E-state index contributed by atoms with van der Waals surface area (Å²) in [6, 6.07) is 3.76. The van der Waals surface area contributed by atoms with Crippen LogP contribution in [0.3, 0.4) is 0 Å². The first-order chi connectivity index (χ1) is 19.7. The van der Waals surface area contributed by atoms with Gasteiger partial charge in [-0.05, 0) is 25.1 Å². The predicted octanol–water partition coefficient (Wildman–Crippen LogP) is 5.39. The summed E-state index contributed by atoms with van der Waals surface area (Å²) in [5, 5.41) is 11.6. The van der Waals surface area contributed by atoms with Gasteiger partial charge < -0.3 is 30.2 Å². The molecule has 4 rings (SSSR count). The van der Waals surface area contributed by atoms with Crippen LogP contribution in [0.25, 0.3) is 22.2 Å². The van der Waals surface area contributed by atoms with E-state index in [0.717, 1.165) is 18.4 Å². The largest absolute Gasteiger partial charge is 0.495 e. The molecule has 2 atom stereocenters. The fourth-order valence-electron chi connectivity index (χ4n) is 4.62. The normalized spacial score (nSPS) is 16.7. The molecule has 2 aromatic heterocycles. The van der Waals surface area contributed by atoms with Crippen LogP contribution in [-0.2, 0) is 9.53 Å². The second-order valence-corrected chi connectivity index (χ2v) is 10.8. The number of anilines is 2. The number of nitrogens with zero attached hydrogens (tertiary/aromatic N) is 3. The van der Waals surface area contributed by atoms with Crippen LogP contribution in [0.4, 0.5) is 11.8 Å². The standard InChI is InChI=1S/C29H36Cl2N6O4/c1-6-19(38)10-18-14-41-15-21(18)36-29-34-13-17-11-20(24-25(30)22(39-4)12-23(40-5)26(24)31)35-28(27(17)37-29)33-9-7-8-32-16(2)3/h6,11-13,16,18,21,32H,1,7-10,14-15H2,2-5H3,(H,33,35)(H,34,36,37)/t18-,21+/m0/s1. The SMILES string of the molecule is C=CC(=O)C[C@H]1COC[C@H]1Nc1ncc2cc(-c3c(Cl)c(OC)cc(OC)c3Cl)nc(NCCCNC(C)C)c2n1. The summed E-state index contributed by atoms with van der Waals surface area (Å²) in [6.45, 7) is 10.2. The third-order valence-corrected chi connectivity index (χ3v) is 7.55. The third-order valence-electron chi connectivity index (χ3n) is 6.80. The number of halogens is 2. The van der Waals surface area contributed by atoms with Crippen LogP contribution in [0.2, 0.25) is 10.0 Å². The first kappa shape index (κ1) is 30.8. The minimum Gasteiger partial charge on any atom is -0.495 e. The smallest absolute Gasteiger partial charge is 0.223 e. The number of fused-ring (bicyclic) bond motifs is 1. The Morgan fingerprint density at radius 1 is 1.15 bits per heavy atom. The van der Waals surface area contributed by atoms with Gasteiger partial charge in [-0.15, -0.1) is 0 Å². The number of carbonyl (C=O) groups is 1. The van der Waals surface area contributed by atoms with Gasteiger partial charge in [-0.2, -0.15) is 0 Å². The monoisotopic (exact) mass is 602 g/mol. The van der Waals surface area contributed by atoms with E-state index in [4.69, 9.17) is 47.4 Å². The van der Waals surface area contributed by atoms with Gasteiger partial charge in [-0.25, -0.2) is 15.0 Å². The molecular weight excluding hydrogens is 567 g/mol. The van der Waals surface area contributed by atoms with Gasteiger partial charge in [0.05, 0.1) is 49.2 Å². The number of benzene rings is 1. The van der Waals surface area contributed by atoms with Crippen LogP contribution < -0.4 is 25.4 Å². The van der Waals surface area contributed by atoms with Crippen molar-refractivity contribution in [3.05, 3.63) is 41.0 Å². The molecule has 12 heteroatoms. The van der Waals surface area contributed by atoms with Gasteiger partial charge in [0.2, 0.25) is 5.95 Å². The molecule has 1 aliphatic heterocycles. The van der Waals surface area contributed by atoms with E-state index in [1.807, 2.05) is 6.07 Å². The molecule has 3 heterocycles. The molecule has 220 valence electrons. The molecule has 41 heavy (non-hydrogen) atoms. The van der Waals surface area contributed by atoms with Crippen molar-refractivity contribution < 1.29 is 19.0 Å². The van der Waals surface area contributed by atoms with Crippen LogP contribution in [-0.4, -0.2) is 73.3 Å². The van der Waals surface area contributed by atoms with Crippen LogP contribution in [0, 0.1) is 5.92 Å². The summed E-state index contributed by atoms with van der Waals surface area (Å²) in [5.74, 6) is 1.79. The molecule has 0 bridgehead atoms. The second-order valence-electron chi connectivity index (χ2n) is 10.1. The number of ether oxygens (including phenoxy) is 3. The molecule has 10 nitrogen and oxygen atoms in total. The topological polar surface area (TPSA) is 120 Å². The summed E-state index contributed by atoms with van der Waals surface area (Å²) < 4.78 is 16.6. The van der Waals surface area contributed by atoms with E-state index in [1.54, 1.807) is 12.3 Å². The highest BCUT2D eigenvalue weighted by atomic mass is 35.5. The predicted molar refractivity (Wildman–Crippen MR) is 164 cm³/mol. The van der Waals surface area contributed by atoms with Crippen molar-refractivity contribution in [1.82, 2.24) is 20.3 Å². The van der Waals surface area contributed by atoms with Gasteiger partial charge in [-0.1, -0.05) is 43.6 Å². The zero-order chi connectivity index (χ0) is 29.5. The summed E-state index contributed by atoms with van der Waals surface area (Å²) in [7, 11) is 3.06. The number of pyridine rings is 1. The number of allylic oxidation sites excluding steroid dienone is 1. The Hall–Kier alpha value is -3.18. The van der Waals surface area contributed by atoms with E-state index < -0.39 is 0 Å². The number of hydrogen-bond donors (Lipinski definition) is 3. The Labute approximate surface area is 250 Å².